The standard InChI is InChI=1S/C18H20N2/c1-2-7-16-12-20(10-9-14(16)5-1)13-17-11-15-6-3-4-8-18(15)19-17/h1-8,17,19H,9-13H2. The number of fused-ring (bicyclic) bond motifs is 2. The van der Waals surface area contributed by atoms with Gasteiger partial charge < -0.3 is 5.32 Å². The average Bonchev–Trinajstić information content (AvgIpc) is 2.89. The fourth-order valence-electron chi connectivity index (χ4n) is 3.51. The number of rotatable bonds is 2. The summed E-state index contributed by atoms with van der Waals surface area (Å²) >= 11 is 0. The molecule has 0 amide bonds. The normalized spacial score (nSPS) is 21.1. The molecule has 0 aliphatic carbocycles. The Morgan fingerprint density at radius 1 is 0.950 bits per heavy atom. The second kappa shape index (κ2) is 4.95. The van der Waals surface area contributed by atoms with Gasteiger partial charge in [0.05, 0.1) is 0 Å². The number of benzene rings is 2. The second-order valence-electron chi connectivity index (χ2n) is 5.96. The van der Waals surface area contributed by atoms with E-state index in [4.69, 9.17) is 0 Å². The van der Waals surface area contributed by atoms with Gasteiger partial charge in [-0.25, -0.2) is 0 Å². The molecule has 0 saturated heterocycles. The van der Waals surface area contributed by atoms with Crippen molar-refractivity contribution < 1.29 is 0 Å². The van der Waals surface area contributed by atoms with Crippen molar-refractivity contribution in [3.63, 3.8) is 0 Å². The van der Waals surface area contributed by atoms with Crippen molar-refractivity contribution in [3.8, 4) is 0 Å². The Labute approximate surface area is 120 Å². The molecule has 0 aromatic heterocycles. The molecule has 0 spiro atoms. The van der Waals surface area contributed by atoms with E-state index in [1.165, 1.54) is 35.3 Å². The van der Waals surface area contributed by atoms with E-state index in [0.29, 0.717) is 6.04 Å². The topological polar surface area (TPSA) is 15.3 Å². The molecule has 2 aromatic rings. The van der Waals surface area contributed by atoms with Crippen LogP contribution in [0, 0.1) is 0 Å². The third-order valence-electron chi connectivity index (χ3n) is 4.53. The van der Waals surface area contributed by atoms with Gasteiger partial charge in [-0.3, -0.25) is 4.90 Å². The van der Waals surface area contributed by atoms with Gasteiger partial charge in [0.1, 0.15) is 0 Å². The van der Waals surface area contributed by atoms with Gasteiger partial charge in [0.25, 0.3) is 0 Å². The number of anilines is 1. The monoisotopic (exact) mass is 264 g/mol. The van der Waals surface area contributed by atoms with Crippen molar-refractivity contribution in [2.75, 3.05) is 18.4 Å². The zero-order valence-electron chi connectivity index (χ0n) is 11.7. The van der Waals surface area contributed by atoms with Crippen molar-refractivity contribution in [1.82, 2.24) is 4.90 Å². The Morgan fingerprint density at radius 2 is 1.70 bits per heavy atom. The SMILES string of the molecule is c1ccc2c(c1)CCN(CC1Cc3ccccc3N1)C2. The summed E-state index contributed by atoms with van der Waals surface area (Å²) in [5.41, 5.74) is 5.84. The maximum atomic E-state index is 3.66. The Hall–Kier alpha value is -1.80. The predicted molar refractivity (Wildman–Crippen MR) is 83.0 cm³/mol. The van der Waals surface area contributed by atoms with Gasteiger partial charge in [-0.2, -0.15) is 0 Å². The first-order valence-electron chi connectivity index (χ1n) is 7.52. The summed E-state index contributed by atoms with van der Waals surface area (Å²) < 4.78 is 0. The summed E-state index contributed by atoms with van der Waals surface area (Å²) in [5, 5.41) is 3.66. The van der Waals surface area contributed by atoms with Crippen LogP contribution in [-0.4, -0.2) is 24.0 Å². The van der Waals surface area contributed by atoms with E-state index in [9.17, 15) is 0 Å². The van der Waals surface area contributed by atoms with Gasteiger partial charge >= 0.3 is 0 Å². The molecular weight excluding hydrogens is 244 g/mol. The van der Waals surface area contributed by atoms with Crippen LogP contribution in [0.4, 0.5) is 5.69 Å². The van der Waals surface area contributed by atoms with Crippen LogP contribution in [0.5, 0.6) is 0 Å². The summed E-state index contributed by atoms with van der Waals surface area (Å²) in [4.78, 5) is 2.59. The second-order valence-corrected chi connectivity index (χ2v) is 5.96. The van der Waals surface area contributed by atoms with E-state index < -0.39 is 0 Å². The fraction of sp³-hybridized carbons (Fsp3) is 0.333. The Kier molecular flexibility index (Phi) is 2.96. The zero-order chi connectivity index (χ0) is 13.4. The van der Waals surface area contributed by atoms with Gasteiger partial charge in [0, 0.05) is 31.4 Å². The van der Waals surface area contributed by atoms with Crippen molar-refractivity contribution in [1.29, 1.82) is 0 Å². The molecule has 2 heterocycles. The summed E-state index contributed by atoms with van der Waals surface area (Å²) in [6.45, 7) is 3.43. The molecular formula is C18H20N2. The molecule has 1 N–H and O–H groups in total. The van der Waals surface area contributed by atoms with E-state index in [2.05, 4.69) is 58.7 Å². The first-order chi connectivity index (χ1) is 9.88. The van der Waals surface area contributed by atoms with E-state index in [0.717, 1.165) is 19.5 Å². The van der Waals surface area contributed by atoms with E-state index >= 15 is 0 Å². The quantitative estimate of drug-likeness (QED) is 0.896. The van der Waals surface area contributed by atoms with Gasteiger partial charge in [0.2, 0.25) is 0 Å². The predicted octanol–water partition coefficient (Wildman–Crippen LogP) is 3.08. The fourth-order valence-corrected chi connectivity index (χ4v) is 3.51. The van der Waals surface area contributed by atoms with Gasteiger partial charge in [-0.1, -0.05) is 42.5 Å². The molecule has 0 radical (unpaired) electrons. The molecule has 2 nitrogen and oxygen atoms in total. The highest BCUT2D eigenvalue weighted by atomic mass is 15.2. The number of hydrogen-bond donors (Lipinski definition) is 1. The van der Waals surface area contributed by atoms with Gasteiger partial charge in [0.15, 0.2) is 0 Å². The van der Waals surface area contributed by atoms with Gasteiger partial charge in [-0.05, 0) is 35.6 Å². The van der Waals surface area contributed by atoms with E-state index in [1.54, 1.807) is 0 Å². The number of hydrogen-bond acceptors (Lipinski definition) is 2. The summed E-state index contributed by atoms with van der Waals surface area (Å²) in [6.07, 6.45) is 2.35. The molecule has 102 valence electrons. The number of nitrogens with one attached hydrogen (secondary N) is 1. The molecule has 20 heavy (non-hydrogen) atoms. The lowest BCUT2D eigenvalue weighted by Crippen LogP contribution is -2.38. The first-order valence-corrected chi connectivity index (χ1v) is 7.52. The lowest BCUT2D eigenvalue weighted by Gasteiger charge is -2.30. The zero-order valence-corrected chi connectivity index (χ0v) is 11.7. The largest absolute Gasteiger partial charge is 0.380 e. The highest BCUT2D eigenvalue weighted by Crippen LogP contribution is 2.26. The summed E-state index contributed by atoms with van der Waals surface area (Å²) in [6, 6.07) is 18.1. The van der Waals surface area contributed by atoms with Crippen molar-refractivity contribution in [2.45, 2.75) is 25.4 Å². The molecule has 1 atom stereocenters. The molecule has 4 rings (SSSR count). The van der Waals surface area contributed by atoms with Crippen molar-refractivity contribution in [2.24, 2.45) is 0 Å². The van der Waals surface area contributed by atoms with Crippen LogP contribution in [0.3, 0.4) is 0 Å². The van der Waals surface area contributed by atoms with Gasteiger partial charge in [-0.15, -0.1) is 0 Å². The van der Waals surface area contributed by atoms with Crippen LogP contribution in [0.2, 0.25) is 0 Å². The number of nitrogens with zero attached hydrogens (tertiary/aromatic N) is 1. The van der Waals surface area contributed by atoms with Crippen LogP contribution in [0.25, 0.3) is 0 Å². The lowest BCUT2D eigenvalue weighted by atomic mass is 9.99. The minimum absolute atomic E-state index is 0.567. The Bertz CT molecular complexity index is 595. The van der Waals surface area contributed by atoms with E-state index in [1.807, 2.05) is 0 Å². The van der Waals surface area contributed by atoms with E-state index in [-0.39, 0.29) is 0 Å². The highest BCUT2D eigenvalue weighted by Gasteiger charge is 2.24. The highest BCUT2D eigenvalue weighted by molar-refractivity contribution is 5.56. The Morgan fingerprint density at radius 3 is 2.55 bits per heavy atom. The van der Waals surface area contributed by atoms with Crippen LogP contribution >= 0.6 is 0 Å². The molecule has 0 bridgehead atoms. The maximum absolute atomic E-state index is 3.66. The smallest absolute Gasteiger partial charge is 0.0429 e. The summed E-state index contributed by atoms with van der Waals surface area (Å²) in [5.74, 6) is 0. The van der Waals surface area contributed by atoms with Crippen LogP contribution in [0.1, 0.15) is 16.7 Å². The molecule has 2 aliphatic rings. The minimum atomic E-state index is 0.567. The molecule has 1 unspecified atom stereocenters. The van der Waals surface area contributed by atoms with Crippen molar-refractivity contribution >= 4 is 5.69 Å². The van der Waals surface area contributed by atoms with Crippen LogP contribution < -0.4 is 5.32 Å². The van der Waals surface area contributed by atoms with Crippen molar-refractivity contribution in [3.05, 3.63) is 65.2 Å². The average molecular weight is 264 g/mol. The van der Waals surface area contributed by atoms with Crippen LogP contribution in [0.15, 0.2) is 48.5 Å². The molecule has 0 fully saturated rings. The third kappa shape index (κ3) is 2.20. The Balaban J connectivity index is 1.43. The lowest BCUT2D eigenvalue weighted by molar-refractivity contribution is 0.244. The molecule has 2 aromatic carbocycles. The molecule has 0 saturated carbocycles. The minimum Gasteiger partial charge on any atom is -0.380 e. The molecule has 2 heteroatoms. The number of para-hydroxylation sites is 1. The molecule has 2 aliphatic heterocycles. The third-order valence-corrected chi connectivity index (χ3v) is 4.53. The first kappa shape index (κ1) is 12.0. The van der Waals surface area contributed by atoms with Crippen LogP contribution in [-0.2, 0) is 19.4 Å². The maximum Gasteiger partial charge on any atom is 0.0429 e. The summed E-state index contributed by atoms with van der Waals surface area (Å²) in [7, 11) is 0.